The highest BCUT2D eigenvalue weighted by atomic mass is 16.6. The van der Waals surface area contributed by atoms with E-state index in [1.165, 1.54) is 12.0 Å². The van der Waals surface area contributed by atoms with Gasteiger partial charge in [0.15, 0.2) is 0 Å². The molecule has 4 unspecified atom stereocenters. The van der Waals surface area contributed by atoms with Gasteiger partial charge in [0.25, 0.3) is 0 Å². The molecule has 150 valence electrons. The van der Waals surface area contributed by atoms with Gasteiger partial charge in [-0.25, -0.2) is 0 Å². The molecule has 7 aliphatic rings. The number of ether oxygens (including phenoxy) is 1. The third-order valence-corrected chi connectivity index (χ3v) is 10.8. The Morgan fingerprint density at radius 3 is 2.68 bits per heavy atom. The molecule has 1 saturated heterocycles. The molecule has 0 bridgehead atoms. The Bertz CT molecular complexity index is 874. The molecule has 0 amide bonds. The van der Waals surface area contributed by atoms with Gasteiger partial charge in [0.2, 0.25) is 0 Å². The van der Waals surface area contributed by atoms with E-state index >= 15 is 0 Å². The number of carbonyl (C=O) groups excluding carboxylic acids is 2. The van der Waals surface area contributed by atoms with Crippen LogP contribution in [0.5, 0.6) is 0 Å². The van der Waals surface area contributed by atoms with Crippen molar-refractivity contribution in [1.29, 1.82) is 0 Å². The first-order valence-corrected chi connectivity index (χ1v) is 11.4. The van der Waals surface area contributed by atoms with Crippen LogP contribution in [0.2, 0.25) is 0 Å². The number of fused-ring (bicyclic) bond motifs is 11. The molecule has 5 saturated carbocycles. The number of allylic oxidation sites excluding steroid dienone is 2. The number of aliphatic hydroxyl groups is 1. The zero-order chi connectivity index (χ0) is 19.2. The quantitative estimate of drug-likeness (QED) is 0.515. The number of Topliss-reactive ketones (excluding diaryl/α,β-unsaturated/α-hetero) is 1. The highest BCUT2D eigenvalue weighted by Gasteiger charge is 2.81. The fourth-order valence-electron chi connectivity index (χ4n) is 9.77. The van der Waals surface area contributed by atoms with Gasteiger partial charge < -0.3 is 9.84 Å². The van der Waals surface area contributed by atoms with E-state index in [4.69, 9.17) is 4.74 Å². The molecule has 0 aromatic heterocycles. The molecular weight excluding hydrogens is 352 g/mol. The van der Waals surface area contributed by atoms with Crippen molar-refractivity contribution in [3.8, 4) is 0 Å². The molecule has 4 heteroatoms. The number of ketones is 1. The fraction of sp³-hybridized carbons (Fsp3) is 0.833. The predicted octanol–water partition coefficient (Wildman–Crippen LogP) is 3.42. The van der Waals surface area contributed by atoms with E-state index < -0.39 is 0 Å². The third-order valence-electron chi connectivity index (χ3n) is 10.8. The Hall–Kier alpha value is -1.16. The van der Waals surface area contributed by atoms with E-state index in [9.17, 15) is 14.7 Å². The Morgan fingerprint density at radius 2 is 1.93 bits per heavy atom. The first-order chi connectivity index (χ1) is 13.3. The van der Waals surface area contributed by atoms with Crippen molar-refractivity contribution in [1.82, 2.24) is 0 Å². The zero-order valence-corrected chi connectivity index (χ0v) is 16.9. The van der Waals surface area contributed by atoms with Crippen molar-refractivity contribution in [2.45, 2.75) is 76.9 Å². The van der Waals surface area contributed by atoms with Crippen molar-refractivity contribution >= 4 is 11.8 Å². The number of rotatable bonds is 0. The summed E-state index contributed by atoms with van der Waals surface area (Å²) in [7, 11) is 0. The van der Waals surface area contributed by atoms with Gasteiger partial charge in [0.1, 0.15) is 11.4 Å². The average molecular weight is 383 g/mol. The normalized spacial score (nSPS) is 60.6. The molecule has 0 aromatic rings. The summed E-state index contributed by atoms with van der Waals surface area (Å²) in [6.45, 7) is 4.69. The van der Waals surface area contributed by atoms with Crippen molar-refractivity contribution in [3.05, 3.63) is 11.1 Å². The third kappa shape index (κ3) is 1.60. The van der Waals surface area contributed by atoms with Crippen LogP contribution >= 0.6 is 0 Å². The monoisotopic (exact) mass is 382 g/mol. The van der Waals surface area contributed by atoms with Crippen molar-refractivity contribution in [2.75, 3.05) is 0 Å². The molecule has 6 fully saturated rings. The van der Waals surface area contributed by atoms with E-state index in [0.717, 1.165) is 25.7 Å². The SMILES string of the molecule is C[C@]12CCC(=O)CC1=C1C[C@@H]1C1C2C(O)C[C@@]2(C)C1[C@@H]1C[C@@H]1[C@@]21CCC(=O)O1. The average Bonchev–Trinajstić information content (AvgIpc) is 3.53. The maximum Gasteiger partial charge on any atom is 0.306 e. The maximum atomic E-state index is 12.2. The number of hydrogen-bond acceptors (Lipinski definition) is 4. The zero-order valence-electron chi connectivity index (χ0n) is 16.9. The number of aliphatic hydroxyl groups excluding tert-OH is 1. The van der Waals surface area contributed by atoms with Crippen LogP contribution in [0.25, 0.3) is 0 Å². The van der Waals surface area contributed by atoms with Gasteiger partial charge in [0.05, 0.1) is 6.10 Å². The van der Waals surface area contributed by atoms with Gasteiger partial charge in [0, 0.05) is 30.6 Å². The maximum absolute atomic E-state index is 12.2. The number of carbonyl (C=O) groups is 2. The summed E-state index contributed by atoms with van der Waals surface area (Å²) >= 11 is 0. The topological polar surface area (TPSA) is 63.6 Å². The van der Waals surface area contributed by atoms with E-state index in [-0.39, 0.29) is 34.4 Å². The molecule has 1 aliphatic heterocycles. The second-order valence-corrected chi connectivity index (χ2v) is 11.6. The van der Waals surface area contributed by atoms with E-state index in [0.29, 0.717) is 54.6 Å². The van der Waals surface area contributed by atoms with Crippen LogP contribution in [0.1, 0.15) is 65.2 Å². The van der Waals surface area contributed by atoms with Crippen LogP contribution in [-0.2, 0) is 14.3 Å². The standard InChI is InChI=1S/C24H30O4/c1-22-5-3-11(25)7-15(22)12-8-13(12)19-20-14-9-16(14)24(6-4-18(27)28-24)23(20,2)10-17(26)21(19)22/h13-14,16-17,19-21,26H,3-10H2,1-2H3/t13-,14+,16-,17?,19?,20?,21?,22-,23-,24-/m0/s1. The minimum Gasteiger partial charge on any atom is -0.458 e. The van der Waals surface area contributed by atoms with Gasteiger partial charge in [-0.2, -0.15) is 0 Å². The van der Waals surface area contributed by atoms with Gasteiger partial charge in [-0.1, -0.05) is 25.0 Å². The molecule has 28 heavy (non-hydrogen) atoms. The Kier molecular flexibility index (Phi) is 2.73. The van der Waals surface area contributed by atoms with Gasteiger partial charge >= 0.3 is 5.97 Å². The summed E-state index contributed by atoms with van der Waals surface area (Å²) in [6, 6.07) is 0. The van der Waals surface area contributed by atoms with Gasteiger partial charge in [-0.15, -0.1) is 0 Å². The lowest BCUT2D eigenvalue weighted by molar-refractivity contribution is -0.195. The van der Waals surface area contributed by atoms with Crippen molar-refractivity contribution in [3.63, 3.8) is 0 Å². The first-order valence-electron chi connectivity index (χ1n) is 11.4. The predicted molar refractivity (Wildman–Crippen MR) is 101 cm³/mol. The molecule has 0 aromatic carbocycles. The summed E-state index contributed by atoms with van der Waals surface area (Å²) < 4.78 is 6.15. The van der Waals surface area contributed by atoms with Crippen LogP contribution < -0.4 is 0 Å². The summed E-state index contributed by atoms with van der Waals surface area (Å²) in [5.74, 6) is 3.49. The highest BCUT2D eigenvalue weighted by Crippen LogP contribution is 2.81. The second-order valence-electron chi connectivity index (χ2n) is 11.6. The van der Waals surface area contributed by atoms with Gasteiger partial charge in [-0.3, -0.25) is 9.59 Å². The summed E-state index contributed by atoms with van der Waals surface area (Å²) in [6.07, 6.45) is 6.38. The molecule has 0 radical (unpaired) electrons. The lowest BCUT2D eigenvalue weighted by atomic mass is 9.45. The fourth-order valence-corrected chi connectivity index (χ4v) is 9.77. The molecule has 1 spiro atoms. The summed E-state index contributed by atoms with van der Waals surface area (Å²) in [5.41, 5.74) is 2.57. The highest BCUT2D eigenvalue weighted by molar-refractivity contribution is 5.83. The summed E-state index contributed by atoms with van der Waals surface area (Å²) in [5, 5.41) is 11.6. The molecule has 1 N–H and O–H groups in total. The number of esters is 1. The van der Waals surface area contributed by atoms with Gasteiger partial charge in [-0.05, 0) is 67.1 Å². The first kappa shape index (κ1) is 16.6. The van der Waals surface area contributed by atoms with E-state index in [1.807, 2.05) is 0 Å². The van der Waals surface area contributed by atoms with Crippen LogP contribution in [0.4, 0.5) is 0 Å². The molecule has 4 nitrogen and oxygen atoms in total. The molecule has 7 rings (SSSR count). The smallest absolute Gasteiger partial charge is 0.306 e. The van der Waals surface area contributed by atoms with Crippen LogP contribution in [0.3, 0.4) is 0 Å². The Balaban J connectivity index is 1.37. The lowest BCUT2D eigenvalue weighted by Gasteiger charge is -2.61. The van der Waals surface area contributed by atoms with E-state index in [2.05, 4.69) is 13.8 Å². The molecule has 6 aliphatic carbocycles. The summed E-state index contributed by atoms with van der Waals surface area (Å²) in [4.78, 5) is 24.4. The minimum atomic E-state index is -0.352. The Morgan fingerprint density at radius 1 is 1.11 bits per heavy atom. The molecule has 1 heterocycles. The molecular formula is C24H30O4. The largest absolute Gasteiger partial charge is 0.458 e. The van der Waals surface area contributed by atoms with Crippen LogP contribution in [0, 0.1) is 46.3 Å². The van der Waals surface area contributed by atoms with Crippen molar-refractivity contribution in [2.24, 2.45) is 46.3 Å². The van der Waals surface area contributed by atoms with E-state index in [1.54, 1.807) is 5.57 Å². The van der Waals surface area contributed by atoms with Crippen LogP contribution in [0.15, 0.2) is 11.1 Å². The second kappa shape index (κ2) is 4.61. The number of hydrogen-bond donors (Lipinski definition) is 1. The van der Waals surface area contributed by atoms with Crippen molar-refractivity contribution < 1.29 is 19.4 Å². The Labute approximate surface area is 166 Å². The lowest BCUT2D eigenvalue weighted by Crippen LogP contribution is -2.61. The minimum absolute atomic E-state index is 0.00580. The molecule has 10 atom stereocenters. The van der Waals surface area contributed by atoms with Crippen LogP contribution in [-0.4, -0.2) is 28.6 Å².